The Kier molecular flexibility index (Phi) is 3.74. The van der Waals surface area contributed by atoms with E-state index in [0.717, 1.165) is 12.1 Å². The summed E-state index contributed by atoms with van der Waals surface area (Å²) < 4.78 is 13.1. The highest BCUT2D eigenvalue weighted by Gasteiger charge is 2.09. The summed E-state index contributed by atoms with van der Waals surface area (Å²) in [6, 6.07) is 3.71. The number of anilines is 1. The number of nitrogens with zero attached hydrogens (tertiary/aromatic N) is 2. The molecule has 0 aliphatic heterocycles. The third-order valence-electron chi connectivity index (χ3n) is 1.97. The quantitative estimate of drug-likeness (QED) is 0.922. The highest BCUT2D eigenvalue weighted by molar-refractivity contribution is 6.31. The Morgan fingerprint density at radius 2 is 1.94 bits per heavy atom. The van der Waals surface area contributed by atoms with E-state index >= 15 is 0 Å². The Morgan fingerprint density at radius 3 is 2.56 bits per heavy atom. The Bertz CT molecular complexity index is 569. The zero-order chi connectivity index (χ0) is 13.1. The second kappa shape index (κ2) is 5.29. The lowest BCUT2D eigenvalue weighted by atomic mass is 10.3. The second-order valence-corrected chi connectivity index (χ2v) is 4.16. The number of halogens is 3. The van der Waals surface area contributed by atoms with Crippen molar-refractivity contribution in [3.05, 3.63) is 52.3 Å². The molecule has 0 spiro atoms. The zero-order valence-electron chi connectivity index (χ0n) is 8.82. The van der Waals surface area contributed by atoms with Crippen LogP contribution in [-0.2, 0) is 0 Å². The number of nitrogens with one attached hydrogen (secondary N) is 1. The van der Waals surface area contributed by atoms with Gasteiger partial charge in [0, 0.05) is 10.7 Å². The molecule has 0 unspecified atom stereocenters. The molecule has 0 bridgehead atoms. The molecule has 1 aromatic carbocycles. The Morgan fingerprint density at radius 1 is 1.17 bits per heavy atom. The first-order chi connectivity index (χ1) is 8.54. The highest BCUT2D eigenvalue weighted by Crippen LogP contribution is 2.18. The number of aromatic nitrogens is 2. The van der Waals surface area contributed by atoms with Gasteiger partial charge in [-0.15, -0.1) is 0 Å². The van der Waals surface area contributed by atoms with E-state index in [1.807, 2.05) is 0 Å². The molecule has 0 aliphatic carbocycles. The average molecular weight is 286 g/mol. The van der Waals surface area contributed by atoms with E-state index in [1.165, 1.54) is 18.5 Å². The van der Waals surface area contributed by atoms with Crippen molar-refractivity contribution in [2.75, 3.05) is 5.32 Å². The third-order valence-corrected chi connectivity index (χ3v) is 2.39. The van der Waals surface area contributed by atoms with Crippen LogP contribution < -0.4 is 5.32 Å². The van der Waals surface area contributed by atoms with Crippen LogP contribution in [0.2, 0.25) is 10.2 Å². The molecule has 2 rings (SSSR count). The summed E-state index contributed by atoms with van der Waals surface area (Å²) in [6.45, 7) is 0. The molecule has 18 heavy (non-hydrogen) atoms. The minimum absolute atomic E-state index is 0.0692. The molecule has 0 aliphatic rings. The van der Waals surface area contributed by atoms with Crippen LogP contribution in [-0.4, -0.2) is 15.9 Å². The van der Waals surface area contributed by atoms with Crippen LogP contribution in [0.25, 0.3) is 0 Å². The van der Waals surface area contributed by atoms with Crippen molar-refractivity contribution >= 4 is 34.8 Å². The van der Waals surface area contributed by atoms with Crippen LogP contribution in [0.5, 0.6) is 0 Å². The standard InChI is InChI=1S/C11H6Cl2FN3O/c12-6-1-7(14)3-8(2-6)17-11(18)9-4-16-10(13)5-15-9/h1-5H,(H,17,18). The van der Waals surface area contributed by atoms with Gasteiger partial charge in [-0.05, 0) is 18.2 Å². The summed E-state index contributed by atoms with van der Waals surface area (Å²) in [6.07, 6.45) is 2.47. The van der Waals surface area contributed by atoms with Crippen molar-refractivity contribution in [3.8, 4) is 0 Å². The maximum absolute atomic E-state index is 13.1. The predicted molar refractivity (Wildman–Crippen MR) is 66.4 cm³/mol. The number of hydrogen-bond acceptors (Lipinski definition) is 3. The molecule has 0 saturated carbocycles. The lowest BCUT2D eigenvalue weighted by molar-refractivity contribution is 0.102. The van der Waals surface area contributed by atoms with Crippen LogP contribution in [0.3, 0.4) is 0 Å². The smallest absolute Gasteiger partial charge is 0.275 e. The van der Waals surface area contributed by atoms with Crippen molar-refractivity contribution in [1.82, 2.24) is 9.97 Å². The van der Waals surface area contributed by atoms with Gasteiger partial charge in [-0.3, -0.25) is 4.79 Å². The van der Waals surface area contributed by atoms with E-state index in [4.69, 9.17) is 23.2 Å². The van der Waals surface area contributed by atoms with Gasteiger partial charge in [-0.2, -0.15) is 0 Å². The number of amides is 1. The van der Waals surface area contributed by atoms with Crippen LogP contribution >= 0.6 is 23.2 Å². The molecule has 2 aromatic rings. The first kappa shape index (κ1) is 12.7. The molecular formula is C11H6Cl2FN3O. The van der Waals surface area contributed by atoms with Crippen LogP contribution in [0.15, 0.2) is 30.6 Å². The number of carbonyl (C=O) groups excluding carboxylic acids is 1. The zero-order valence-corrected chi connectivity index (χ0v) is 10.3. The molecule has 7 heteroatoms. The van der Waals surface area contributed by atoms with Crippen LogP contribution in [0.1, 0.15) is 10.5 Å². The Labute approximate surface area is 112 Å². The topological polar surface area (TPSA) is 54.9 Å². The normalized spacial score (nSPS) is 10.2. The van der Waals surface area contributed by atoms with Gasteiger partial charge in [0.2, 0.25) is 0 Å². The minimum Gasteiger partial charge on any atom is -0.320 e. The fourth-order valence-electron chi connectivity index (χ4n) is 1.25. The average Bonchev–Trinajstić information content (AvgIpc) is 2.28. The third kappa shape index (κ3) is 3.15. The lowest BCUT2D eigenvalue weighted by Gasteiger charge is -2.05. The number of rotatable bonds is 2. The Balaban J connectivity index is 2.18. The molecule has 4 nitrogen and oxygen atoms in total. The molecule has 92 valence electrons. The number of carbonyl (C=O) groups is 1. The second-order valence-electron chi connectivity index (χ2n) is 3.34. The molecule has 1 amide bonds. The summed E-state index contributed by atoms with van der Waals surface area (Å²) in [7, 11) is 0. The molecule has 1 N–H and O–H groups in total. The molecule has 0 atom stereocenters. The van der Waals surface area contributed by atoms with Gasteiger partial charge in [0.15, 0.2) is 0 Å². The predicted octanol–water partition coefficient (Wildman–Crippen LogP) is 3.17. The lowest BCUT2D eigenvalue weighted by Crippen LogP contribution is -2.14. The summed E-state index contributed by atoms with van der Waals surface area (Å²) in [4.78, 5) is 19.2. The minimum atomic E-state index is -0.542. The van der Waals surface area contributed by atoms with E-state index < -0.39 is 11.7 Å². The monoisotopic (exact) mass is 285 g/mol. The molecule has 0 saturated heterocycles. The van der Waals surface area contributed by atoms with Gasteiger partial charge in [-0.25, -0.2) is 14.4 Å². The van der Waals surface area contributed by atoms with Gasteiger partial charge >= 0.3 is 0 Å². The van der Waals surface area contributed by atoms with Crippen molar-refractivity contribution in [2.24, 2.45) is 0 Å². The van der Waals surface area contributed by atoms with E-state index in [2.05, 4.69) is 15.3 Å². The molecule has 1 aromatic heterocycles. The van der Waals surface area contributed by atoms with Crippen molar-refractivity contribution in [3.63, 3.8) is 0 Å². The Hall–Kier alpha value is -1.72. The maximum atomic E-state index is 13.1. The van der Waals surface area contributed by atoms with Gasteiger partial charge in [-0.1, -0.05) is 23.2 Å². The molecule has 1 heterocycles. The summed E-state index contributed by atoms with van der Waals surface area (Å²) in [5, 5.41) is 2.82. The van der Waals surface area contributed by atoms with Gasteiger partial charge in [0.25, 0.3) is 5.91 Å². The maximum Gasteiger partial charge on any atom is 0.275 e. The largest absolute Gasteiger partial charge is 0.320 e. The van der Waals surface area contributed by atoms with E-state index in [9.17, 15) is 9.18 Å². The van der Waals surface area contributed by atoms with Gasteiger partial charge < -0.3 is 5.32 Å². The first-order valence-corrected chi connectivity index (χ1v) is 5.55. The van der Waals surface area contributed by atoms with Gasteiger partial charge in [0.1, 0.15) is 16.7 Å². The summed E-state index contributed by atoms with van der Waals surface area (Å²) >= 11 is 11.2. The van der Waals surface area contributed by atoms with Crippen molar-refractivity contribution in [1.29, 1.82) is 0 Å². The SMILES string of the molecule is O=C(Nc1cc(F)cc(Cl)c1)c1cnc(Cl)cn1. The number of hydrogen-bond donors (Lipinski definition) is 1. The molecular weight excluding hydrogens is 280 g/mol. The van der Waals surface area contributed by atoms with Crippen molar-refractivity contribution < 1.29 is 9.18 Å². The molecule has 0 radical (unpaired) electrons. The van der Waals surface area contributed by atoms with E-state index in [1.54, 1.807) is 0 Å². The summed E-state index contributed by atoms with van der Waals surface area (Å²) in [5.74, 6) is -1.07. The first-order valence-electron chi connectivity index (χ1n) is 4.79. The van der Waals surface area contributed by atoms with Crippen molar-refractivity contribution in [2.45, 2.75) is 0 Å². The fourth-order valence-corrected chi connectivity index (χ4v) is 1.57. The van der Waals surface area contributed by atoms with Crippen LogP contribution in [0.4, 0.5) is 10.1 Å². The highest BCUT2D eigenvalue weighted by atomic mass is 35.5. The summed E-state index contributed by atoms with van der Waals surface area (Å²) in [5.41, 5.74) is 0.307. The van der Waals surface area contributed by atoms with E-state index in [0.29, 0.717) is 0 Å². The van der Waals surface area contributed by atoms with Crippen LogP contribution in [0, 0.1) is 5.82 Å². The van der Waals surface area contributed by atoms with Gasteiger partial charge in [0.05, 0.1) is 12.4 Å². The fraction of sp³-hybridized carbons (Fsp3) is 0. The van der Waals surface area contributed by atoms with E-state index in [-0.39, 0.29) is 21.6 Å². The number of benzene rings is 1. The molecule has 0 fully saturated rings.